The zero-order valence-electron chi connectivity index (χ0n) is 19.8. The van der Waals surface area contributed by atoms with E-state index >= 15 is 0 Å². The van der Waals surface area contributed by atoms with Crippen molar-refractivity contribution < 1.29 is 13.9 Å². The van der Waals surface area contributed by atoms with Gasteiger partial charge in [-0.25, -0.2) is 9.38 Å². The van der Waals surface area contributed by atoms with Gasteiger partial charge in [-0.2, -0.15) is 0 Å². The number of likely N-dealkylation sites (N-methyl/N-ethyl adjacent to an activating group) is 1. The Bertz CT molecular complexity index is 1530. The standard InChI is InChI=1S/C29H21Br2FN2O2S/c1-2-34-28(35)26(37-29(34)33-22-12-10-21(32)11-13-22)16-18-14-24(30)27(25(31)15-18)36-17-20-8-5-7-19-6-3-4-9-23(19)20/h3-16H,2,17H2,1H3/b26-16+,33-29?. The normalized spacial score (nSPS) is 15.8. The molecule has 0 spiro atoms. The lowest BCUT2D eigenvalue weighted by Gasteiger charge is -2.13. The molecule has 0 aliphatic carbocycles. The van der Waals surface area contributed by atoms with Crippen LogP contribution in [0.5, 0.6) is 5.75 Å². The summed E-state index contributed by atoms with van der Waals surface area (Å²) in [4.78, 5) is 19.8. The number of fused-ring (bicyclic) bond motifs is 1. The molecule has 1 heterocycles. The number of nitrogens with zero attached hydrogens (tertiary/aromatic N) is 2. The van der Waals surface area contributed by atoms with Gasteiger partial charge in [0.25, 0.3) is 5.91 Å². The Morgan fingerprint density at radius 1 is 1.00 bits per heavy atom. The first kappa shape index (κ1) is 25.7. The molecular weight excluding hydrogens is 619 g/mol. The van der Waals surface area contributed by atoms with Crippen LogP contribution in [-0.4, -0.2) is 22.5 Å². The van der Waals surface area contributed by atoms with Crippen LogP contribution < -0.4 is 4.74 Å². The molecule has 5 rings (SSSR count). The molecule has 0 aromatic heterocycles. The Morgan fingerprint density at radius 3 is 2.43 bits per heavy atom. The minimum absolute atomic E-state index is 0.114. The van der Waals surface area contributed by atoms with Crippen molar-refractivity contribution in [1.82, 2.24) is 4.90 Å². The second kappa shape index (κ2) is 11.2. The third-order valence-corrected chi connectivity index (χ3v) is 8.01. The van der Waals surface area contributed by atoms with E-state index in [-0.39, 0.29) is 11.7 Å². The summed E-state index contributed by atoms with van der Waals surface area (Å²) in [6.45, 7) is 2.80. The van der Waals surface area contributed by atoms with Crippen LogP contribution in [-0.2, 0) is 11.4 Å². The smallest absolute Gasteiger partial charge is 0.266 e. The summed E-state index contributed by atoms with van der Waals surface area (Å²) in [6, 6.07) is 24.2. The van der Waals surface area contributed by atoms with E-state index in [1.165, 1.54) is 29.3 Å². The van der Waals surface area contributed by atoms with Gasteiger partial charge in [0.1, 0.15) is 18.2 Å². The highest BCUT2D eigenvalue weighted by Gasteiger charge is 2.32. The number of hydrogen-bond donors (Lipinski definition) is 0. The minimum Gasteiger partial charge on any atom is -0.487 e. The van der Waals surface area contributed by atoms with Crippen LogP contribution >= 0.6 is 43.6 Å². The van der Waals surface area contributed by atoms with Crippen molar-refractivity contribution in [1.29, 1.82) is 0 Å². The van der Waals surface area contributed by atoms with Crippen LogP contribution in [0.2, 0.25) is 0 Å². The molecule has 1 aliphatic heterocycles. The molecule has 1 aliphatic rings. The molecule has 4 aromatic rings. The van der Waals surface area contributed by atoms with E-state index in [9.17, 15) is 9.18 Å². The first-order valence-electron chi connectivity index (χ1n) is 11.6. The molecule has 0 unspecified atom stereocenters. The number of hydrogen-bond acceptors (Lipinski definition) is 4. The van der Waals surface area contributed by atoms with E-state index in [0.717, 1.165) is 25.5 Å². The van der Waals surface area contributed by atoms with Gasteiger partial charge in [-0.05, 0) is 115 Å². The first-order valence-corrected chi connectivity index (χ1v) is 14.0. The summed E-state index contributed by atoms with van der Waals surface area (Å²) in [7, 11) is 0. The lowest BCUT2D eigenvalue weighted by Crippen LogP contribution is -2.28. The van der Waals surface area contributed by atoms with Gasteiger partial charge in [0, 0.05) is 6.54 Å². The van der Waals surface area contributed by atoms with Crippen LogP contribution in [0.4, 0.5) is 10.1 Å². The summed E-state index contributed by atoms with van der Waals surface area (Å²) in [5, 5.41) is 2.90. The quantitative estimate of drug-likeness (QED) is 0.198. The molecule has 1 saturated heterocycles. The Balaban J connectivity index is 1.37. The van der Waals surface area contributed by atoms with Crippen LogP contribution in [0, 0.1) is 5.82 Å². The van der Waals surface area contributed by atoms with Crippen molar-refractivity contribution in [3.63, 3.8) is 0 Å². The highest BCUT2D eigenvalue weighted by atomic mass is 79.9. The summed E-state index contributed by atoms with van der Waals surface area (Å²) < 4.78 is 21.0. The van der Waals surface area contributed by atoms with Gasteiger partial charge in [0.15, 0.2) is 5.17 Å². The summed E-state index contributed by atoms with van der Waals surface area (Å²) in [5.74, 6) is 0.249. The van der Waals surface area contributed by atoms with Crippen LogP contribution in [0.3, 0.4) is 0 Å². The van der Waals surface area contributed by atoms with Gasteiger partial charge in [-0.3, -0.25) is 9.69 Å². The fourth-order valence-electron chi connectivity index (χ4n) is 4.02. The summed E-state index contributed by atoms with van der Waals surface area (Å²) in [6.07, 6.45) is 1.84. The maximum Gasteiger partial charge on any atom is 0.266 e. The highest BCUT2D eigenvalue weighted by molar-refractivity contribution is 9.11. The lowest BCUT2D eigenvalue weighted by molar-refractivity contribution is -0.122. The average Bonchev–Trinajstić information content (AvgIpc) is 3.18. The van der Waals surface area contributed by atoms with Gasteiger partial charge >= 0.3 is 0 Å². The molecule has 1 fully saturated rings. The van der Waals surface area contributed by atoms with E-state index in [4.69, 9.17) is 4.74 Å². The van der Waals surface area contributed by atoms with E-state index in [0.29, 0.717) is 34.7 Å². The van der Waals surface area contributed by atoms with E-state index in [1.54, 1.807) is 17.0 Å². The molecule has 37 heavy (non-hydrogen) atoms. The Morgan fingerprint density at radius 2 is 1.70 bits per heavy atom. The largest absolute Gasteiger partial charge is 0.487 e. The third kappa shape index (κ3) is 5.66. The van der Waals surface area contributed by atoms with Crippen LogP contribution in [0.1, 0.15) is 18.1 Å². The first-order chi connectivity index (χ1) is 17.9. The second-order valence-electron chi connectivity index (χ2n) is 8.27. The lowest BCUT2D eigenvalue weighted by atomic mass is 10.1. The molecule has 4 aromatic carbocycles. The molecule has 0 radical (unpaired) electrons. The number of thioether (sulfide) groups is 1. The molecule has 4 nitrogen and oxygen atoms in total. The van der Waals surface area contributed by atoms with E-state index in [2.05, 4.69) is 61.1 Å². The van der Waals surface area contributed by atoms with Crippen molar-refractivity contribution in [3.8, 4) is 5.75 Å². The van der Waals surface area contributed by atoms with Crippen molar-refractivity contribution >= 4 is 77.2 Å². The highest BCUT2D eigenvalue weighted by Crippen LogP contribution is 2.39. The number of benzene rings is 4. The number of ether oxygens (including phenoxy) is 1. The monoisotopic (exact) mass is 638 g/mol. The molecule has 8 heteroatoms. The Labute approximate surface area is 235 Å². The topological polar surface area (TPSA) is 41.9 Å². The number of amidine groups is 1. The number of carbonyl (C=O) groups is 1. The van der Waals surface area contributed by atoms with Crippen molar-refractivity contribution in [2.75, 3.05) is 6.54 Å². The minimum atomic E-state index is -0.326. The fourth-order valence-corrected chi connectivity index (χ4v) is 6.53. The van der Waals surface area contributed by atoms with Crippen LogP contribution in [0.15, 0.2) is 97.7 Å². The van der Waals surface area contributed by atoms with E-state index < -0.39 is 0 Å². The molecule has 186 valence electrons. The average molecular weight is 640 g/mol. The maximum atomic E-state index is 13.3. The SMILES string of the molecule is CCN1C(=O)/C(=C\c2cc(Br)c(OCc3cccc4ccccc34)c(Br)c2)SC1=Nc1ccc(F)cc1. The van der Waals surface area contributed by atoms with Gasteiger partial charge in [0.2, 0.25) is 0 Å². The number of aliphatic imine (C=N–C) groups is 1. The zero-order valence-corrected chi connectivity index (χ0v) is 23.7. The third-order valence-electron chi connectivity index (χ3n) is 5.83. The number of halogens is 3. The zero-order chi connectivity index (χ0) is 25.9. The molecule has 1 amide bonds. The van der Waals surface area contributed by atoms with Gasteiger partial charge in [0.05, 0.1) is 19.5 Å². The number of carbonyl (C=O) groups excluding carboxylic acids is 1. The molecule has 0 N–H and O–H groups in total. The summed E-state index contributed by atoms with van der Waals surface area (Å²) in [5.41, 5.74) is 2.53. The van der Waals surface area contributed by atoms with Gasteiger partial charge in [-0.1, -0.05) is 42.5 Å². The number of amides is 1. The molecule has 0 atom stereocenters. The molecular formula is C29H21Br2FN2O2S. The van der Waals surface area contributed by atoms with Gasteiger partial charge < -0.3 is 4.74 Å². The van der Waals surface area contributed by atoms with Crippen LogP contribution in [0.25, 0.3) is 16.8 Å². The van der Waals surface area contributed by atoms with Crippen molar-refractivity contribution in [2.45, 2.75) is 13.5 Å². The maximum absolute atomic E-state index is 13.3. The molecule has 0 saturated carbocycles. The van der Waals surface area contributed by atoms with Gasteiger partial charge in [-0.15, -0.1) is 0 Å². The van der Waals surface area contributed by atoms with E-state index in [1.807, 2.05) is 43.3 Å². The predicted octanol–water partition coefficient (Wildman–Crippen LogP) is 8.71. The Kier molecular flexibility index (Phi) is 7.79. The van der Waals surface area contributed by atoms with Crippen molar-refractivity contribution in [3.05, 3.63) is 110 Å². The molecule has 0 bridgehead atoms. The summed E-state index contributed by atoms with van der Waals surface area (Å²) >= 11 is 8.57. The fraction of sp³-hybridized carbons (Fsp3) is 0.103. The number of rotatable bonds is 6. The Hall–Kier alpha value is -2.94. The van der Waals surface area contributed by atoms with Crippen molar-refractivity contribution in [2.24, 2.45) is 4.99 Å². The second-order valence-corrected chi connectivity index (χ2v) is 11.0. The predicted molar refractivity (Wildman–Crippen MR) is 157 cm³/mol.